The topological polar surface area (TPSA) is 86.5 Å². The number of ketones is 1. The van der Waals surface area contributed by atoms with Crippen LogP contribution < -0.4 is 4.72 Å². The molecular weight excluding hydrogens is 475 g/mol. The van der Waals surface area contributed by atoms with Crippen molar-refractivity contribution >= 4 is 23.4 Å². The summed E-state index contributed by atoms with van der Waals surface area (Å²) in [4.78, 5) is 22.2. The summed E-state index contributed by atoms with van der Waals surface area (Å²) in [5.74, 6) is -2.25. The van der Waals surface area contributed by atoms with Gasteiger partial charge in [-0.3, -0.25) is 4.79 Å². The Balaban J connectivity index is 1.68. The summed E-state index contributed by atoms with van der Waals surface area (Å²) in [7, 11) is 0. The molecule has 4 rings (SSSR count). The Bertz CT molecular complexity index is 1360. The maximum Gasteiger partial charge on any atom is 0.200 e. The normalized spacial score (nSPS) is 14.9. The Morgan fingerprint density at radius 2 is 1.86 bits per heavy atom. The zero-order chi connectivity index (χ0) is 24.9. The van der Waals surface area contributed by atoms with Crippen molar-refractivity contribution in [3.63, 3.8) is 0 Å². The maximum absolute atomic E-state index is 15.3. The fourth-order valence-corrected chi connectivity index (χ4v) is 4.19. The Morgan fingerprint density at radius 3 is 2.60 bits per heavy atom. The first-order valence-electron chi connectivity index (χ1n) is 10.7. The van der Waals surface area contributed by atoms with E-state index in [1.807, 2.05) is 0 Å². The van der Waals surface area contributed by atoms with Gasteiger partial charge >= 0.3 is 0 Å². The third kappa shape index (κ3) is 5.65. The summed E-state index contributed by atoms with van der Waals surface area (Å²) < 4.78 is 46.3. The molecule has 0 bridgehead atoms. The number of anilines is 1. The molecule has 0 amide bonds. The smallest absolute Gasteiger partial charge is 0.200 e. The molecule has 1 unspecified atom stereocenters. The van der Waals surface area contributed by atoms with Gasteiger partial charge in [-0.05, 0) is 55.6 Å². The van der Waals surface area contributed by atoms with Gasteiger partial charge in [-0.2, -0.15) is 0 Å². The van der Waals surface area contributed by atoms with Gasteiger partial charge in [0.05, 0.1) is 11.3 Å². The van der Waals surface area contributed by atoms with E-state index >= 15 is 4.39 Å². The predicted molar refractivity (Wildman–Crippen MR) is 131 cm³/mol. The van der Waals surface area contributed by atoms with Crippen LogP contribution in [0.15, 0.2) is 66.1 Å². The summed E-state index contributed by atoms with van der Waals surface area (Å²) in [5.41, 5.74) is 1.12. The van der Waals surface area contributed by atoms with Crippen LogP contribution in [0.3, 0.4) is 0 Å². The first-order chi connectivity index (χ1) is 16.8. The number of H-pyrrole nitrogens is 2. The van der Waals surface area contributed by atoms with Gasteiger partial charge < -0.3 is 14.9 Å². The third-order valence-corrected chi connectivity index (χ3v) is 6.10. The van der Waals surface area contributed by atoms with Crippen molar-refractivity contribution in [3.05, 3.63) is 100 Å². The molecule has 0 saturated heterocycles. The number of rotatable bonds is 6. The molecule has 1 aliphatic rings. The molecule has 35 heavy (non-hydrogen) atoms. The van der Waals surface area contributed by atoms with Crippen LogP contribution in [0.25, 0.3) is 11.1 Å². The van der Waals surface area contributed by atoms with E-state index in [0.717, 1.165) is 18.0 Å². The number of carbonyl (C=O) groups is 1. The number of aromatic amines is 2. The van der Waals surface area contributed by atoms with Crippen molar-refractivity contribution < 1.29 is 18.0 Å². The highest BCUT2D eigenvalue weighted by Crippen LogP contribution is 2.30. The number of aryl methyl sites for hydroxylation is 2. The van der Waals surface area contributed by atoms with Crippen LogP contribution in [0.5, 0.6) is 0 Å². The first kappa shape index (κ1) is 24.3. The number of nitrogens with one attached hydrogen (secondary N) is 3. The van der Waals surface area contributed by atoms with E-state index in [2.05, 4.69) is 24.9 Å². The van der Waals surface area contributed by atoms with Gasteiger partial charge in [0.15, 0.2) is 5.82 Å². The van der Waals surface area contributed by atoms with Crippen LogP contribution in [0.1, 0.15) is 33.7 Å². The average molecular weight is 498 g/mol. The summed E-state index contributed by atoms with van der Waals surface area (Å²) >= 11 is 0.979. The van der Waals surface area contributed by atoms with Gasteiger partial charge in [0.25, 0.3) is 0 Å². The molecule has 3 N–H and O–H groups in total. The quantitative estimate of drug-likeness (QED) is 0.275. The van der Waals surface area contributed by atoms with Gasteiger partial charge in [0.1, 0.15) is 17.8 Å². The fraction of sp³-hybridized carbons (Fsp3) is 0.160. The Labute approximate surface area is 204 Å². The minimum absolute atomic E-state index is 0.0666. The number of allylic oxidation sites excluding steroid dienone is 3. The zero-order valence-corrected chi connectivity index (χ0v) is 19.7. The van der Waals surface area contributed by atoms with Crippen molar-refractivity contribution in [1.82, 2.24) is 20.2 Å². The van der Waals surface area contributed by atoms with E-state index in [9.17, 15) is 13.6 Å². The van der Waals surface area contributed by atoms with E-state index in [1.54, 1.807) is 50.7 Å². The van der Waals surface area contributed by atoms with Gasteiger partial charge in [0.2, 0.25) is 5.78 Å². The summed E-state index contributed by atoms with van der Waals surface area (Å²) in [6, 6.07) is 3.92. The number of nitrogens with zero attached hydrogens (tertiary/aromatic N) is 2. The molecular formula is C25H22F3N5OS. The second-order valence-electron chi connectivity index (χ2n) is 7.83. The minimum Gasteiger partial charge on any atom is -0.323 e. The van der Waals surface area contributed by atoms with Crippen LogP contribution in [0, 0.1) is 25.5 Å². The van der Waals surface area contributed by atoms with Crippen molar-refractivity contribution in [2.45, 2.75) is 26.4 Å². The Morgan fingerprint density at radius 1 is 1.11 bits per heavy atom. The van der Waals surface area contributed by atoms with Gasteiger partial charge in [-0.15, -0.1) is 0 Å². The second kappa shape index (κ2) is 10.6. The molecule has 2 aromatic heterocycles. The van der Waals surface area contributed by atoms with Crippen LogP contribution in [-0.2, 0) is 0 Å². The average Bonchev–Trinajstić information content (AvgIpc) is 2.82. The second-order valence-corrected chi connectivity index (χ2v) is 8.71. The molecule has 0 radical (unpaired) electrons. The molecule has 6 nitrogen and oxygen atoms in total. The van der Waals surface area contributed by atoms with Crippen molar-refractivity contribution in [2.75, 3.05) is 4.72 Å². The molecule has 1 aliphatic carbocycles. The van der Waals surface area contributed by atoms with E-state index in [0.29, 0.717) is 27.4 Å². The lowest BCUT2D eigenvalue weighted by Crippen LogP contribution is -2.11. The molecule has 2 heterocycles. The van der Waals surface area contributed by atoms with Gasteiger partial charge in [0, 0.05) is 52.8 Å². The monoisotopic (exact) mass is 497 g/mol. The SMILES string of the molecule is Cc1ncc(-c2c[nH][nH]cc(C(=O)c3c(F)ccc(NSC4=CC(F)CC=C4)c3F)c(C)c2)cn1. The lowest BCUT2D eigenvalue weighted by atomic mass is 9.99. The molecule has 1 atom stereocenters. The van der Waals surface area contributed by atoms with Crippen molar-refractivity contribution in [2.24, 2.45) is 0 Å². The highest BCUT2D eigenvalue weighted by Gasteiger charge is 2.23. The number of halogens is 3. The molecule has 0 spiro atoms. The summed E-state index contributed by atoms with van der Waals surface area (Å²) in [6.45, 7) is 3.44. The lowest BCUT2D eigenvalue weighted by Gasteiger charge is -2.13. The largest absolute Gasteiger partial charge is 0.323 e. The third-order valence-electron chi connectivity index (χ3n) is 5.27. The number of hydrogen-bond donors (Lipinski definition) is 3. The number of benzene rings is 1. The standard InChI is InChI=1S/C25H22F3N5OS/c1-14-8-16(17-10-29-15(2)30-11-17)12-31-32-13-20(14)25(34)23-21(27)6-7-22(24(23)28)33-35-19-5-3-4-18(26)9-19/h3,5-13,18,31-33H,4H2,1-2H3. The Kier molecular flexibility index (Phi) is 7.40. The zero-order valence-electron chi connectivity index (χ0n) is 18.9. The van der Waals surface area contributed by atoms with Crippen LogP contribution in [0.4, 0.5) is 18.9 Å². The molecule has 180 valence electrons. The van der Waals surface area contributed by atoms with Gasteiger partial charge in [-0.25, -0.2) is 23.1 Å². The fourth-order valence-electron chi connectivity index (χ4n) is 3.42. The lowest BCUT2D eigenvalue weighted by molar-refractivity contribution is 0.103. The van der Waals surface area contributed by atoms with E-state index < -0.39 is 29.2 Å². The van der Waals surface area contributed by atoms with E-state index in [4.69, 9.17) is 0 Å². The first-order valence-corrected chi connectivity index (χ1v) is 11.5. The van der Waals surface area contributed by atoms with E-state index in [1.165, 1.54) is 18.3 Å². The molecule has 10 heteroatoms. The van der Waals surface area contributed by atoms with Gasteiger partial charge in [-0.1, -0.05) is 12.2 Å². The van der Waals surface area contributed by atoms with Crippen LogP contribution in [0.2, 0.25) is 0 Å². The Hall–Kier alpha value is -3.79. The minimum atomic E-state index is -1.12. The summed E-state index contributed by atoms with van der Waals surface area (Å²) in [6.07, 6.45) is 10.2. The van der Waals surface area contributed by atoms with Crippen LogP contribution in [-0.4, -0.2) is 32.1 Å². The van der Waals surface area contributed by atoms with E-state index in [-0.39, 0.29) is 17.7 Å². The molecule has 0 aliphatic heterocycles. The summed E-state index contributed by atoms with van der Waals surface area (Å²) in [5, 5.41) is 5.57. The van der Waals surface area contributed by atoms with Crippen molar-refractivity contribution in [3.8, 4) is 11.1 Å². The number of hydrogen-bond acceptors (Lipinski definition) is 5. The predicted octanol–water partition coefficient (Wildman–Crippen LogP) is 6.29. The van der Waals surface area contributed by atoms with Crippen molar-refractivity contribution in [1.29, 1.82) is 0 Å². The number of carbonyl (C=O) groups excluding carboxylic acids is 1. The number of alkyl halides is 1. The highest BCUT2D eigenvalue weighted by atomic mass is 32.2. The van der Waals surface area contributed by atoms with Crippen LogP contribution >= 0.6 is 11.9 Å². The number of aromatic nitrogens is 4. The molecule has 1 aromatic carbocycles. The molecule has 3 aromatic rings. The molecule has 0 saturated carbocycles. The maximum atomic E-state index is 15.3. The highest BCUT2D eigenvalue weighted by molar-refractivity contribution is 8.04. The molecule has 0 fully saturated rings.